The maximum absolute atomic E-state index is 12.6. The minimum Gasteiger partial charge on any atom is -0.477 e. The quantitative estimate of drug-likeness (QED) is 0.691. The summed E-state index contributed by atoms with van der Waals surface area (Å²) < 4.78 is 5.69. The van der Waals surface area contributed by atoms with Crippen molar-refractivity contribution in [3.8, 4) is 0 Å². The highest BCUT2D eigenvalue weighted by Crippen LogP contribution is 2.38. The zero-order valence-electron chi connectivity index (χ0n) is 16.0. The predicted octanol–water partition coefficient (Wildman–Crippen LogP) is 4.16. The average molecular weight is 404 g/mol. The molecule has 1 amide bonds. The van der Waals surface area contributed by atoms with Gasteiger partial charge in [0.15, 0.2) is 0 Å². The fourth-order valence-corrected chi connectivity index (χ4v) is 4.69. The Hall–Kier alpha value is -2.22. The van der Waals surface area contributed by atoms with Gasteiger partial charge in [-0.2, -0.15) is 0 Å². The van der Waals surface area contributed by atoms with Crippen LogP contribution in [-0.2, 0) is 9.53 Å². The molecule has 0 saturated carbocycles. The Kier molecular flexibility index (Phi) is 6.49. The molecular weight excluding hydrogens is 378 g/mol. The number of hydrogen-bond donors (Lipinski definition) is 2. The van der Waals surface area contributed by atoms with Gasteiger partial charge in [0.05, 0.1) is 12.1 Å². The largest absolute Gasteiger partial charge is 0.477 e. The topological polar surface area (TPSA) is 87.1 Å². The van der Waals surface area contributed by atoms with Gasteiger partial charge in [-0.3, -0.25) is 4.79 Å². The number of nitrogens with zero attached hydrogens (tertiary/aromatic N) is 1. The Morgan fingerprint density at radius 3 is 2.57 bits per heavy atom. The zero-order chi connectivity index (χ0) is 20.3. The average Bonchev–Trinajstić information content (AvgIpc) is 3.31. The SMILES string of the molecule is CCCC(O)c1ccc(N2C(=O)CCC2[C@H](OC)c2ccc(C(=O)O)s2)cc1. The number of amides is 1. The molecule has 6 nitrogen and oxygen atoms in total. The maximum Gasteiger partial charge on any atom is 0.345 e. The highest BCUT2D eigenvalue weighted by atomic mass is 32.1. The molecular formula is C21H25NO5S. The molecule has 2 unspecified atom stereocenters. The van der Waals surface area contributed by atoms with Crippen molar-refractivity contribution in [2.45, 2.75) is 50.9 Å². The van der Waals surface area contributed by atoms with Crippen molar-refractivity contribution in [3.05, 3.63) is 51.7 Å². The Balaban J connectivity index is 1.86. The number of aliphatic hydroxyl groups is 1. The van der Waals surface area contributed by atoms with Crippen LogP contribution in [0.5, 0.6) is 0 Å². The van der Waals surface area contributed by atoms with Crippen molar-refractivity contribution in [3.63, 3.8) is 0 Å². The lowest BCUT2D eigenvalue weighted by atomic mass is 10.0. The third kappa shape index (κ3) is 4.11. The smallest absolute Gasteiger partial charge is 0.345 e. The number of anilines is 1. The van der Waals surface area contributed by atoms with E-state index in [1.165, 1.54) is 11.3 Å². The number of hydrogen-bond acceptors (Lipinski definition) is 5. The van der Waals surface area contributed by atoms with Crippen LogP contribution in [0.1, 0.15) is 64.9 Å². The third-order valence-corrected chi connectivity index (χ3v) is 6.23. The van der Waals surface area contributed by atoms with Crippen LogP contribution in [0.4, 0.5) is 5.69 Å². The molecule has 7 heteroatoms. The number of aromatic carboxylic acids is 1. The minimum atomic E-state index is -0.966. The Morgan fingerprint density at radius 1 is 1.29 bits per heavy atom. The van der Waals surface area contributed by atoms with Gasteiger partial charge in [-0.15, -0.1) is 11.3 Å². The predicted molar refractivity (Wildman–Crippen MR) is 108 cm³/mol. The second-order valence-electron chi connectivity index (χ2n) is 6.93. The molecule has 2 aromatic rings. The molecule has 0 aliphatic carbocycles. The molecule has 2 N–H and O–H groups in total. The number of carboxylic acids is 1. The number of carboxylic acid groups (broad SMARTS) is 1. The van der Waals surface area contributed by atoms with E-state index in [2.05, 4.69) is 0 Å². The Morgan fingerprint density at radius 2 is 2.00 bits per heavy atom. The van der Waals surface area contributed by atoms with Crippen molar-refractivity contribution >= 4 is 28.9 Å². The summed E-state index contributed by atoms with van der Waals surface area (Å²) in [6, 6.07) is 10.5. The van der Waals surface area contributed by atoms with Gasteiger partial charge in [0.1, 0.15) is 11.0 Å². The lowest BCUT2D eigenvalue weighted by Gasteiger charge is -2.30. The molecule has 1 aromatic heterocycles. The lowest BCUT2D eigenvalue weighted by molar-refractivity contribution is -0.117. The molecule has 1 aliphatic rings. The van der Waals surface area contributed by atoms with Gasteiger partial charge in [0.2, 0.25) is 5.91 Å². The first kappa shape index (κ1) is 20.5. The molecule has 28 heavy (non-hydrogen) atoms. The summed E-state index contributed by atoms with van der Waals surface area (Å²) in [7, 11) is 1.58. The normalized spacial score (nSPS) is 19.0. The van der Waals surface area contributed by atoms with Gasteiger partial charge < -0.3 is 19.8 Å². The van der Waals surface area contributed by atoms with E-state index in [9.17, 15) is 19.8 Å². The lowest BCUT2D eigenvalue weighted by Crippen LogP contribution is -2.37. The molecule has 150 valence electrons. The van der Waals surface area contributed by atoms with E-state index >= 15 is 0 Å². The number of thiophene rings is 1. The highest BCUT2D eigenvalue weighted by molar-refractivity contribution is 7.14. The molecule has 1 aliphatic heterocycles. The highest BCUT2D eigenvalue weighted by Gasteiger charge is 2.39. The van der Waals surface area contributed by atoms with E-state index in [1.807, 2.05) is 31.2 Å². The van der Waals surface area contributed by atoms with Crippen molar-refractivity contribution in [2.75, 3.05) is 12.0 Å². The molecule has 1 aromatic carbocycles. The number of rotatable bonds is 8. The van der Waals surface area contributed by atoms with Gasteiger partial charge in [0, 0.05) is 24.1 Å². The van der Waals surface area contributed by atoms with E-state index in [1.54, 1.807) is 24.1 Å². The van der Waals surface area contributed by atoms with Crippen LogP contribution < -0.4 is 4.90 Å². The minimum absolute atomic E-state index is 0.0175. The second kappa shape index (κ2) is 8.86. The first-order chi connectivity index (χ1) is 13.5. The summed E-state index contributed by atoms with van der Waals surface area (Å²) in [6.45, 7) is 2.02. The number of methoxy groups -OCH3 is 1. The number of benzene rings is 1. The van der Waals surface area contributed by atoms with Crippen LogP contribution in [-0.4, -0.2) is 35.2 Å². The molecule has 0 radical (unpaired) electrons. The summed E-state index contributed by atoms with van der Waals surface area (Å²) in [4.78, 5) is 26.6. The van der Waals surface area contributed by atoms with E-state index in [0.717, 1.165) is 22.5 Å². The van der Waals surface area contributed by atoms with Gasteiger partial charge in [-0.05, 0) is 42.7 Å². The second-order valence-corrected chi connectivity index (χ2v) is 8.04. The van der Waals surface area contributed by atoms with Gasteiger partial charge in [0.25, 0.3) is 0 Å². The third-order valence-electron chi connectivity index (χ3n) is 5.09. The molecule has 3 rings (SSSR count). The van der Waals surface area contributed by atoms with Crippen molar-refractivity contribution in [1.29, 1.82) is 0 Å². The summed E-state index contributed by atoms with van der Waals surface area (Å²) in [5, 5.41) is 19.3. The van der Waals surface area contributed by atoms with Crippen molar-refractivity contribution in [2.24, 2.45) is 0 Å². The zero-order valence-corrected chi connectivity index (χ0v) is 16.8. The number of carbonyl (C=O) groups is 2. The van der Waals surface area contributed by atoms with E-state index < -0.39 is 18.2 Å². The monoisotopic (exact) mass is 403 g/mol. The number of aliphatic hydroxyl groups excluding tert-OH is 1. The summed E-state index contributed by atoms with van der Waals surface area (Å²) >= 11 is 1.18. The van der Waals surface area contributed by atoms with Gasteiger partial charge >= 0.3 is 5.97 Å². The summed E-state index contributed by atoms with van der Waals surface area (Å²) in [5.74, 6) is -0.949. The maximum atomic E-state index is 12.6. The van der Waals surface area contributed by atoms with Crippen LogP contribution in [0.25, 0.3) is 0 Å². The first-order valence-corrected chi connectivity index (χ1v) is 10.2. The van der Waals surface area contributed by atoms with E-state index in [0.29, 0.717) is 19.3 Å². The standard InChI is InChI=1S/C21H25NO5S/c1-3-4-16(23)13-5-7-14(8-6-13)22-15(9-12-19(22)24)20(27-2)17-10-11-18(28-17)21(25)26/h5-8,10-11,15-16,20,23H,3-4,9,12H2,1-2H3,(H,25,26)/t15?,16?,20-/m0/s1. The van der Waals surface area contributed by atoms with Crippen LogP contribution in [0.3, 0.4) is 0 Å². The fraction of sp³-hybridized carbons (Fsp3) is 0.429. The van der Waals surface area contributed by atoms with Gasteiger partial charge in [-0.1, -0.05) is 25.5 Å². The fourth-order valence-electron chi connectivity index (χ4n) is 3.71. The molecule has 1 fully saturated rings. The molecule has 0 spiro atoms. The van der Waals surface area contributed by atoms with Crippen LogP contribution in [0, 0.1) is 0 Å². The van der Waals surface area contributed by atoms with Crippen molar-refractivity contribution in [1.82, 2.24) is 0 Å². The number of ether oxygens (including phenoxy) is 1. The van der Waals surface area contributed by atoms with Crippen LogP contribution >= 0.6 is 11.3 Å². The van der Waals surface area contributed by atoms with E-state index in [4.69, 9.17) is 4.74 Å². The van der Waals surface area contributed by atoms with Gasteiger partial charge in [-0.25, -0.2) is 4.79 Å². The van der Waals surface area contributed by atoms with Crippen molar-refractivity contribution < 1.29 is 24.5 Å². The summed E-state index contributed by atoms with van der Waals surface area (Å²) in [6.07, 6.45) is 1.75. The van der Waals surface area contributed by atoms with Crippen LogP contribution in [0.15, 0.2) is 36.4 Å². The summed E-state index contributed by atoms with van der Waals surface area (Å²) in [5.41, 5.74) is 1.60. The molecule has 3 atom stereocenters. The first-order valence-electron chi connectivity index (χ1n) is 9.42. The Labute approximate surface area is 168 Å². The Bertz CT molecular complexity index is 832. The number of carbonyl (C=O) groups excluding carboxylic acids is 1. The molecule has 1 saturated heterocycles. The van der Waals surface area contributed by atoms with Crippen LogP contribution in [0.2, 0.25) is 0 Å². The van der Waals surface area contributed by atoms with E-state index in [-0.39, 0.29) is 16.8 Å². The molecule has 2 heterocycles. The molecule has 0 bridgehead atoms.